The molecule has 0 spiro atoms. The lowest BCUT2D eigenvalue weighted by molar-refractivity contribution is -0.116. The van der Waals surface area contributed by atoms with Gasteiger partial charge in [0.15, 0.2) is 5.78 Å². The molecule has 2 N–H and O–H groups in total. The summed E-state index contributed by atoms with van der Waals surface area (Å²) in [6.45, 7) is 0. The van der Waals surface area contributed by atoms with Gasteiger partial charge in [-0.25, -0.2) is 14.0 Å². The first-order valence-corrected chi connectivity index (χ1v) is 9.26. The molecule has 29 heavy (non-hydrogen) atoms. The summed E-state index contributed by atoms with van der Waals surface area (Å²) in [6.07, 6.45) is 2.71. The number of hydrogen-bond donors (Lipinski definition) is 2. The minimum absolute atomic E-state index is 0.0536. The molecule has 1 heterocycles. The molecule has 0 saturated carbocycles. The van der Waals surface area contributed by atoms with Crippen molar-refractivity contribution in [3.05, 3.63) is 70.1 Å². The fourth-order valence-corrected chi connectivity index (χ4v) is 3.40. The molecule has 0 aliphatic carbocycles. The van der Waals surface area contributed by atoms with E-state index in [0.29, 0.717) is 15.7 Å². The van der Waals surface area contributed by atoms with E-state index < -0.39 is 23.9 Å². The monoisotopic (exact) mass is 462 g/mol. The molecule has 0 radical (unpaired) electrons. The van der Waals surface area contributed by atoms with Gasteiger partial charge in [0, 0.05) is 23.2 Å². The number of allylic oxidation sites excluding steroid dienone is 1. The van der Waals surface area contributed by atoms with Crippen molar-refractivity contribution >= 4 is 39.4 Å². The van der Waals surface area contributed by atoms with Crippen LogP contribution in [0.15, 0.2) is 53.1 Å². The number of halogens is 2. The van der Waals surface area contributed by atoms with Crippen molar-refractivity contribution < 1.29 is 28.6 Å². The number of nitrogens with one attached hydrogen (secondary N) is 1. The maximum absolute atomic E-state index is 13.2. The van der Waals surface area contributed by atoms with E-state index in [-0.39, 0.29) is 23.5 Å². The van der Waals surface area contributed by atoms with Gasteiger partial charge in [-0.2, -0.15) is 0 Å². The zero-order valence-electron chi connectivity index (χ0n) is 15.2. The van der Waals surface area contributed by atoms with Crippen molar-refractivity contribution in [1.82, 2.24) is 4.90 Å². The number of urea groups is 1. The average molecular weight is 463 g/mol. The molecule has 7 nitrogen and oxygen atoms in total. The van der Waals surface area contributed by atoms with Crippen molar-refractivity contribution in [2.45, 2.75) is 12.5 Å². The standard InChI is InChI=1S/C20H16BrFN2O5/c1-29-18-10-16(15(21)9-14(18)19(26)27)23-20(28)24-7-6-13(25)8-17(24)11-2-4-12(22)5-3-11/h2-7,9-10,17H,8H2,1H3,(H,23,28)(H,26,27). The molecule has 0 saturated heterocycles. The summed E-state index contributed by atoms with van der Waals surface area (Å²) in [5, 5.41) is 11.9. The maximum Gasteiger partial charge on any atom is 0.339 e. The maximum atomic E-state index is 13.2. The van der Waals surface area contributed by atoms with Crippen LogP contribution < -0.4 is 10.1 Å². The van der Waals surface area contributed by atoms with Crippen LogP contribution in [0.3, 0.4) is 0 Å². The summed E-state index contributed by atoms with van der Waals surface area (Å²) in [7, 11) is 1.32. The van der Waals surface area contributed by atoms with Crippen molar-refractivity contribution in [3.8, 4) is 5.75 Å². The molecule has 2 amide bonds. The molecule has 1 aliphatic rings. The van der Waals surface area contributed by atoms with Crippen LogP contribution >= 0.6 is 15.9 Å². The Balaban J connectivity index is 1.90. The number of hydrogen-bond acceptors (Lipinski definition) is 4. The van der Waals surface area contributed by atoms with Crippen molar-refractivity contribution in [1.29, 1.82) is 0 Å². The second-order valence-electron chi connectivity index (χ2n) is 6.23. The molecule has 1 unspecified atom stereocenters. The van der Waals surface area contributed by atoms with Crippen LogP contribution in [0, 0.1) is 5.82 Å². The quantitative estimate of drug-likeness (QED) is 0.703. The van der Waals surface area contributed by atoms with Gasteiger partial charge >= 0.3 is 12.0 Å². The summed E-state index contributed by atoms with van der Waals surface area (Å²) < 4.78 is 18.7. The molecule has 0 bridgehead atoms. The third-order valence-electron chi connectivity index (χ3n) is 4.40. The lowest BCUT2D eigenvalue weighted by atomic mass is 9.97. The summed E-state index contributed by atoms with van der Waals surface area (Å²) in [4.78, 5) is 37.4. The average Bonchev–Trinajstić information content (AvgIpc) is 2.69. The number of methoxy groups -OCH3 is 1. The topological polar surface area (TPSA) is 95.9 Å². The van der Waals surface area contributed by atoms with Crippen LogP contribution in [-0.4, -0.2) is 34.9 Å². The number of carbonyl (C=O) groups is 3. The Labute approximate surface area is 173 Å². The fourth-order valence-electron chi connectivity index (χ4n) is 2.96. The normalized spacial score (nSPS) is 15.9. The minimum Gasteiger partial charge on any atom is -0.496 e. The molecule has 3 rings (SSSR count). The number of benzene rings is 2. The summed E-state index contributed by atoms with van der Waals surface area (Å²) in [5.41, 5.74) is 0.835. The Morgan fingerprint density at radius 3 is 2.59 bits per heavy atom. The van der Waals surface area contributed by atoms with Crippen LogP contribution in [-0.2, 0) is 4.79 Å². The highest BCUT2D eigenvalue weighted by atomic mass is 79.9. The van der Waals surface area contributed by atoms with E-state index in [0.717, 1.165) is 0 Å². The van der Waals surface area contributed by atoms with Crippen molar-refractivity contribution in [3.63, 3.8) is 0 Å². The number of anilines is 1. The largest absolute Gasteiger partial charge is 0.496 e. The third kappa shape index (κ3) is 4.45. The van der Waals surface area contributed by atoms with Crippen LogP contribution in [0.25, 0.3) is 0 Å². The predicted octanol–water partition coefficient (Wildman–Crippen LogP) is 4.36. The summed E-state index contributed by atoms with van der Waals surface area (Å²) in [6, 6.07) is 7.13. The zero-order chi connectivity index (χ0) is 21.1. The van der Waals surface area contributed by atoms with Crippen LogP contribution in [0.5, 0.6) is 5.75 Å². The van der Waals surface area contributed by atoms with Gasteiger partial charge in [-0.15, -0.1) is 0 Å². The van der Waals surface area contributed by atoms with E-state index in [1.54, 1.807) is 0 Å². The minimum atomic E-state index is -1.17. The molecule has 2 aromatic carbocycles. The number of ketones is 1. The smallest absolute Gasteiger partial charge is 0.339 e. The van der Waals surface area contributed by atoms with Gasteiger partial charge in [-0.3, -0.25) is 9.69 Å². The van der Waals surface area contributed by atoms with Gasteiger partial charge in [0.2, 0.25) is 0 Å². The number of rotatable bonds is 4. The molecule has 0 aromatic heterocycles. The highest BCUT2D eigenvalue weighted by Gasteiger charge is 2.29. The van der Waals surface area contributed by atoms with Crippen molar-refractivity contribution in [2.75, 3.05) is 12.4 Å². The Kier molecular flexibility index (Phi) is 5.97. The molecule has 150 valence electrons. The second kappa shape index (κ2) is 8.44. The highest BCUT2D eigenvalue weighted by Crippen LogP contribution is 2.33. The number of amides is 2. The fraction of sp³-hybridized carbons (Fsp3) is 0.150. The summed E-state index contributed by atoms with van der Waals surface area (Å²) in [5.74, 6) is -1.67. The van der Waals surface area contributed by atoms with Crippen LogP contribution in [0.4, 0.5) is 14.9 Å². The number of nitrogens with zero attached hydrogens (tertiary/aromatic N) is 1. The number of aromatic carboxylic acids is 1. The predicted molar refractivity (Wildman–Crippen MR) is 106 cm³/mol. The Morgan fingerprint density at radius 2 is 1.97 bits per heavy atom. The third-order valence-corrected chi connectivity index (χ3v) is 5.06. The van der Waals surface area contributed by atoms with Crippen LogP contribution in [0.2, 0.25) is 0 Å². The molecular weight excluding hydrogens is 447 g/mol. The SMILES string of the molecule is COc1cc(NC(=O)N2C=CC(=O)CC2c2ccc(F)cc2)c(Br)cc1C(=O)O. The first-order valence-electron chi connectivity index (χ1n) is 8.46. The first-order chi connectivity index (χ1) is 13.8. The van der Waals surface area contributed by atoms with Gasteiger partial charge in [-0.1, -0.05) is 12.1 Å². The number of carbonyl (C=O) groups excluding carboxylic acids is 2. The lowest BCUT2D eigenvalue weighted by Crippen LogP contribution is -2.37. The number of carboxylic acids is 1. The molecular formula is C20H16BrFN2O5. The molecule has 0 fully saturated rings. The van der Waals surface area contributed by atoms with Crippen molar-refractivity contribution in [2.24, 2.45) is 0 Å². The number of ether oxygens (including phenoxy) is 1. The van der Waals surface area contributed by atoms with E-state index >= 15 is 0 Å². The zero-order valence-corrected chi connectivity index (χ0v) is 16.8. The molecule has 1 aliphatic heterocycles. The van der Waals surface area contributed by atoms with Gasteiger partial charge in [-0.05, 0) is 45.8 Å². The lowest BCUT2D eigenvalue weighted by Gasteiger charge is -2.31. The molecule has 9 heteroatoms. The van der Waals surface area contributed by atoms with Gasteiger partial charge in [0.25, 0.3) is 0 Å². The molecule has 2 aromatic rings. The Morgan fingerprint density at radius 1 is 1.28 bits per heavy atom. The van der Waals surface area contributed by atoms with E-state index in [1.807, 2.05) is 0 Å². The van der Waals surface area contributed by atoms with E-state index in [9.17, 15) is 23.9 Å². The molecule has 1 atom stereocenters. The second-order valence-corrected chi connectivity index (χ2v) is 7.08. The van der Waals surface area contributed by atoms with Crippen LogP contribution in [0.1, 0.15) is 28.4 Å². The Bertz CT molecular complexity index is 1010. The van der Waals surface area contributed by atoms with E-state index in [2.05, 4.69) is 21.2 Å². The first kappa shape index (κ1) is 20.5. The summed E-state index contributed by atoms with van der Waals surface area (Å²) >= 11 is 3.24. The Hall–Kier alpha value is -3.20. The number of carboxylic acid groups (broad SMARTS) is 1. The highest BCUT2D eigenvalue weighted by molar-refractivity contribution is 9.10. The van der Waals surface area contributed by atoms with E-state index in [4.69, 9.17) is 4.74 Å². The van der Waals surface area contributed by atoms with Gasteiger partial charge in [0.05, 0.1) is 18.8 Å². The van der Waals surface area contributed by atoms with Gasteiger partial charge in [0.1, 0.15) is 17.1 Å². The van der Waals surface area contributed by atoms with E-state index in [1.165, 1.54) is 60.7 Å². The van der Waals surface area contributed by atoms with Gasteiger partial charge < -0.3 is 15.2 Å².